The van der Waals surface area contributed by atoms with Crippen molar-refractivity contribution in [2.24, 2.45) is 5.73 Å². The minimum absolute atomic E-state index is 0.284. The molecule has 2 heterocycles. The number of pyridine rings is 1. The monoisotopic (exact) mass is 326 g/mol. The molecule has 24 heavy (non-hydrogen) atoms. The molecule has 6 nitrogen and oxygen atoms in total. The lowest BCUT2D eigenvalue weighted by molar-refractivity contribution is 0.0995. The third-order valence-electron chi connectivity index (χ3n) is 4.30. The summed E-state index contributed by atoms with van der Waals surface area (Å²) in [7, 11) is 1.70. The van der Waals surface area contributed by atoms with E-state index in [1.54, 1.807) is 19.4 Å². The van der Waals surface area contributed by atoms with Crippen LogP contribution in [0.2, 0.25) is 0 Å². The van der Waals surface area contributed by atoms with Crippen LogP contribution in [0.25, 0.3) is 0 Å². The highest BCUT2D eigenvalue weighted by Gasteiger charge is 2.21. The van der Waals surface area contributed by atoms with Crippen molar-refractivity contribution in [3.63, 3.8) is 0 Å². The molecule has 1 aromatic carbocycles. The van der Waals surface area contributed by atoms with Gasteiger partial charge in [0, 0.05) is 31.0 Å². The number of hydrogen-bond donors (Lipinski definition) is 2. The first-order chi connectivity index (χ1) is 11.7. The number of hydrogen-bond acceptors (Lipinski definition) is 5. The van der Waals surface area contributed by atoms with E-state index in [1.165, 1.54) is 0 Å². The highest BCUT2D eigenvalue weighted by molar-refractivity contribution is 5.91. The van der Waals surface area contributed by atoms with Crippen molar-refractivity contribution in [2.75, 3.05) is 30.4 Å². The van der Waals surface area contributed by atoms with Crippen molar-refractivity contribution in [1.82, 2.24) is 4.98 Å². The lowest BCUT2D eigenvalue weighted by Gasteiger charge is -2.35. The van der Waals surface area contributed by atoms with Gasteiger partial charge in [0.15, 0.2) is 0 Å². The lowest BCUT2D eigenvalue weighted by Crippen LogP contribution is -2.39. The van der Waals surface area contributed by atoms with Crippen LogP contribution in [0.5, 0.6) is 5.75 Å². The van der Waals surface area contributed by atoms with Crippen LogP contribution in [-0.4, -0.2) is 37.1 Å². The molecule has 3 N–H and O–H groups in total. The fourth-order valence-electron chi connectivity index (χ4n) is 3.05. The minimum atomic E-state index is -0.510. The second-order valence-electron chi connectivity index (χ2n) is 5.87. The summed E-state index contributed by atoms with van der Waals surface area (Å²) in [6, 6.07) is 12.0. The van der Waals surface area contributed by atoms with Gasteiger partial charge in [-0.2, -0.15) is 0 Å². The number of anilines is 2. The normalized spacial score (nSPS) is 15.1. The Morgan fingerprint density at radius 1 is 1.29 bits per heavy atom. The summed E-state index contributed by atoms with van der Waals surface area (Å²) < 4.78 is 5.45. The van der Waals surface area contributed by atoms with Crippen LogP contribution < -0.4 is 20.7 Å². The molecule has 1 aliphatic rings. The number of methoxy groups -OCH3 is 1. The maximum Gasteiger partial charge on any atom is 0.267 e. The number of ether oxygens (including phenoxy) is 1. The zero-order chi connectivity index (χ0) is 16.9. The average Bonchev–Trinajstić information content (AvgIpc) is 2.62. The number of primary amides is 1. The maximum atomic E-state index is 11.2. The van der Waals surface area contributed by atoms with Crippen LogP contribution in [-0.2, 0) is 0 Å². The topological polar surface area (TPSA) is 80.5 Å². The van der Waals surface area contributed by atoms with Crippen molar-refractivity contribution < 1.29 is 9.53 Å². The number of rotatable bonds is 5. The van der Waals surface area contributed by atoms with Crippen LogP contribution >= 0.6 is 0 Å². The molecular weight excluding hydrogens is 304 g/mol. The Labute approximate surface area is 141 Å². The molecule has 6 heteroatoms. The van der Waals surface area contributed by atoms with Gasteiger partial charge in [-0.05, 0) is 37.1 Å². The third kappa shape index (κ3) is 3.59. The molecule has 0 unspecified atom stereocenters. The van der Waals surface area contributed by atoms with Crippen LogP contribution in [0.3, 0.4) is 0 Å². The molecule has 0 atom stereocenters. The zero-order valence-electron chi connectivity index (χ0n) is 13.7. The molecule has 0 saturated carbocycles. The first-order valence-corrected chi connectivity index (χ1v) is 8.07. The van der Waals surface area contributed by atoms with Gasteiger partial charge in [0.05, 0.1) is 12.8 Å². The van der Waals surface area contributed by atoms with E-state index in [0.29, 0.717) is 6.04 Å². The van der Waals surface area contributed by atoms with Crippen molar-refractivity contribution in [1.29, 1.82) is 0 Å². The molecule has 2 aromatic rings. The van der Waals surface area contributed by atoms with E-state index in [0.717, 1.165) is 43.1 Å². The Bertz CT molecular complexity index is 712. The number of nitrogens with one attached hydrogen (secondary N) is 1. The molecule has 0 spiro atoms. The van der Waals surface area contributed by atoms with E-state index >= 15 is 0 Å². The number of carbonyl (C=O) groups is 1. The summed E-state index contributed by atoms with van der Waals surface area (Å²) in [6.45, 7) is 1.90. The van der Waals surface area contributed by atoms with E-state index in [1.807, 2.05) is 24.3 Å². The SMILES string of the molecule is COc1ccccc1N1CCC(Nc2ccnc(C(N)=O)c2)CC1. The number of carbonyl (C=O) groups excluding carboxylic acids is 1. The van der Waals surface area contributed by atoms with Gasteiger partial charge in [-0.25, -0.2) is 0 Å². The molecule has 0 bridgehead atoms. The third-order valence-corrected chi connectivity index (χ3v) is 4.30. The number of benzene rings is 1. The van der Waals surface area contributed by atoms with Crippen LogP contribution in [0.4, 0.5) is 11.4 Å². The van der Waals surface area contributed by atoms with E-state index in [9.17, 15) is 4.79 Å². The van der Waals surface area contributed by atoms with Gasteiger partial charge >= 0.3 is 0 Å². The number of amides is 1. The van der Waals surface area contributed by atoms with E-state index < -0.39 is 5.91 Å². The summed E-state index contributed by atoms with van der Waals surface area (Å²) in [5, 5.41) is 3.47. The highest BCUT2D eigenvalue weighted by atomic mass is 16.5. The fraction of sp³-hybridized carbons (Fsp3) is 0.333. The van der Waals surface area contributed by atoms with Gasteiger partial charge in [0.2, 0.25) is 0 Å². The smallest absolute Gasteiger partial charge is 0.267 e. The quantitative estimate of drug-likeness (QED) is 0.881. The van der Waals surface area contributed by atoms with Gasteiger partial charge in [0.1, 0.15) is 11.4 Å². The Kier molecular flexibility index (Phi) is 4.84. The fourth-order valence-corrected chi connectivity index (χ4v) is 3.05. The number of aromatic nitrogens is 1. The van der Waals surface area contributed by atoms with E-state index in [2.05, 4.69) is 21.3 Å². The van der Waals surface area contributed by atoms with Gasteiger partial charge < -0.3 is 20.7 Å². The molecular formula is C18H22N4O2. The first-order valence-electron chi connectivity index (χ1n) is 8.07. The summed E-state index contributed by atoms with van der Waals surface area (Å²) in [4.78, 5) is 17.5. The predicted molar refractivity (Wildman–Crippen MR) is 94.6 cm³/mol. The van der Waals surface area contributed by atoms with Gasteiger partial charge in [-0.15, -0.1) is 0 Å². The van der Waals surface area contributed by atoms with Crippen molar-refractivity contribution in [3.8, 4) is 5.75 Å². The average molecular weight is 326 g/mol. The highest BCUT2D eigenvalue weighted by Crippen LogP contribution is 2.30. The molecule has 1 aliphatic heterocycles. The zero-order valence-corrected chi connectivity index (χ0v) is 13.7. The number of nitrogens with two attached hydrogens (primary N) is 1. The minimum Gasteiger partial charge on any atom is -0.495 e. The van der Waals surface area contributed by atoms with Crippen molar-refractivity contribution in [2.45, 2.75) is 18.9 Å². The van der Waals surface area contributed by atoms with Crippen LogP contribution in [0.15, 0.2) is 42.6 Å². The largest absolute Gasteiger partial charge is 0.495 e. The number of piperidine rings is 1. The number of para-hydroxylation sites is 2. The van der Waals surface area contributed by atoms with Gasteiger partial charge in [-0.1, -0.05) is 12.1 Å². The predicted octanol–water partition coefficient (Wildman–Crippen LogP) is 2.27. The van der Waals surface area contributed by atoms with Crippen molar-refractivity contribution >= 4 is 17.3 Å². The Balaban J connectivity index is 1.61. The summed E-state index contributed by atoms with van der Waals surface area (Å²) in [5.41, 5.74) is 7.58. The standard InChI is InChI=1S/C18H22N4O2/c1-24-17-5-3-2-4-16(17)22-10-7-13(8-11-22)21-14-6-9-20-15(12-14)18(19)23/h2-6,9,12-13H,7-8,10-11H2,1H3,(H2,19,23)(H,20,21). The molecule has 0 radical (unpaired) electrons. The molecule has 1 saturated heterocycles. The molecule has 1 fully saturated rings. The Hall–Kier alpha value is -2.76. The molecule has 0 aliphatic carbocycles. The summed E-state index contributed by atoms with van der Waals surface area (Å²) in [6.07, 6.45) is 3.62. The first kappa shape index (κ1) is 16.1. The maximum absolute atomic E-state index is 11.2. The Morgan fingerprint density at radius 2 is 2.04 bits per heavy atom. The van der Waals surface area contributed by atoms with E-state index in [4.69, 9.17) is 10.5 Å². The molecule has 1 amide bonds. The lowest BCUT2D eigenvalue weighted by atomic mass is 10.0. The molecule has 126 valence electrons. The van der Waals surface area contributed by atoms with Crippen molar-refractivity contribution in [3.05, 3.63) is 48.3 Å². The Morgan fingerprint density at radius 3 is 2.75 bits per heavy atom. The molecule has 3 rings (SSSR count). The van der Waals surface area contributed by atoms with Crippen LogP contribution in [0, 0.1) is 0 Å². The van der Waals surface area contributed by atoms with Crippen LogP contribution in [0.1, 0.15) is 23.3 Å². The molecule has 1 aromatic heterocycles. The second-order valence-corrected chi connectivity index (χ2v) is 5.87. The summed E-state index contributed by atoms with van der Waals surface area (Å²) >= 11 is 0. The van der Waals surface area contributed by atoms with Gasteiger partial charge in [-0.3, -0.25) is 9.78 Å². The second kappa shape index (κ2) is 7.21. The van der Waals surface area contributed by atoms with Gasteiger partial charge in [0.25, 0.3) is 5.91 Å². The van der Waals surface area contributed by atoms with E-state index in [-0.39, 0.29) is 5.69 Å². The summed E-state index contributed by atoms with van der Waals surface area (Å²) in [5.74, 6) is 0.397. The number of nitrogens with zero attached hydrogens (tertiary/aromatic N) is 2.